The van der Waals surface area contributed by atoms with Gasteiger partial charge in [0.05, 0.1) is 5.56 Å². The molecule has 1 aromatic rings. The molecular weight excluding hydrogens is 270 g/mol. The molecule has 6 nitrogen and oxygen atoms in total. The van der Waals surface area contributed by atoms with Crippen molar-refractivity contribution in [3.05, 3.63) is 23.9 Å². The second kappa shape index (κ2) is 6.56. The van der Waals surface area contributed by atoms with Gasteiger partial charge in [0.1, 0.15) is 11.9 Å². The molecule has 1 fully saturated rings. The van der Waals surface area contributed by atoms with Crippen LogP contribution >= 0.6 is 0 Å². The lowest BCUT2D eigenvalue weighted by Crippen LogP contribution is -2.44. The molecule has 0 spiro atoms. The number of anilines is 1. The number of carboxylic acid groups (broad SMARTS) is 1. The molecule has 2 N–H and O–H groups in total. The zero-order chi connectivity index (χ0) is 15.4. The molecular formula is C15H21N3O3. The van der Waals surface area contributed by atoms with Crippen molar-refractivity contribution in [2.45, 2.75) is 32.7 Å². The largest absolute Gasteiger partial charge is 0.480 e. The molecule has 1 amide bonds. The summed E-state index contributed by atoms with van der Waals surface area (Å²) in [5.74, 6) is -0.748. The summed E-state index contributed by atoms with van der Waals surface area (Å²) in [4.78, 5) is 29.6. The molecule has 0 radical (unpaired) electrons. The summed E-state index contributed by atoms with van der Waals surface area (Å²) in [6, 6.07) is 2.61. The molecule has 21 heavy (non-hydrogen) atoms. The van der Waals surface area contributed by atoms with Gasteiger partial charge in [0, 0.05) is 19.3 Å². The number of hydrogen-bond donors (Lipinski definition) is 2. The van der Waals surface area contributed by atoms with Crippen molar-refractivity contribution in [1.82, 2.24) is 10.3 Å². The quantitative estimate of drug-likeness (QED) is 0.859. The summed E-state index contributed by atoms with van der Waals surface area (Å²) < 4.78 is 0. The summed E-state index contributed by atoms with van der Waals surface area (Å²) in [5, 5.41) is 11.6. The molecule has 0 aromatic carbocycles. The number of aromatic nitrogens is 1. The van der Waals surface area contributed by atoms with Crippen molar-refractivity contribution in [3.63, 3.8) is 0 Å². The van der Waals surface area contributed by atoms with Crippen LogP contribution in [0, 0.1) is 5.92 Å². The van der Waals surface area contributed by atoms with Crippen LogP contribution in [-0.2, 0) is 4.79 Å². The van der Waals surface area contributed by atoms with Crippen LogP contribution in [-0.4, -0.2) is 41.1 Å². The highest BCUT2D eigenvalue weighted by molar-refractivity contribution is 5.96. The molecule has 1 aliphatic heterocycles. The Hall–Kier alpha value is -2.11. The average Bonchev–Trinajstić information content (AvgIpc) is 2.98. The third kappa shape index (κ3) is 3.71. The highest BCUT2D eigenvalue weighted by Gasteiger charge is 2.24. The Morgan fingerprint density at radius 2 is 1.95 bits per heavy atom. The minimum absolute atomic E-state index is 0.178. The van der Waals surface area contributed by atoms with Crippen molar-refractivity contribution in [2.75, 3.05) is 18.0 Å². The van der Waals surface area contributed by atoms with E-state index in [9.17, 15) is 9.59 Å². The van der Waals surface area contributed by atoms with Crippen LogP contribution in [0.2, 0.25) is 0 Å². The fourth-order valence-corrected chi connectivity index (χ4v) is 2.39. The number of rotatable bonds is 5. The molecule has 1 aliphatic rings. The van der Waals surface area contributed by atoms with Crippen molar-refractivity contribution in [3.8, 4) is 0 Å². The van der Waals surface area contributed by atoms with Crippen LogP contribution in [0.3, 0.4) is 0 Å². The van der Waals surface area contributed by atoms with E-state index in [0.717, 1.165) is 18.9 Å². The number of hydrogen-bond acceptors (Lipinski definition) is 4. The van der Waals surface area contributed by atoms with Crippen LogP contribution in [0.4, 0.5) is 5.82 Å². The van der Waals surface area contributed by atoms with Gasteiger partial charge in [0.15, 0.2) is 0 Å². The SMILES string of the molecule is CC(C)[C@@H](NC(=O)c1ccc(N2CCCC2)nc1)C(=O)O. The third-order valence-corrected chi connectivity index (χ3v) is 3.66. The molecule has 114 valence electrons. The molecule has 0 saturated carbocycles. The van der Waals surface area contributed by atoms with Gasteiger partial charge < -0.3 is 15.3 Å². The predicted molar refractivity (Wildman–Crippen MR) is 79.4 cm³/mol. The van der Waals surface area contributed by atoms with E-state index in [1.54, 1.807) is 19.9 Å². The monoisotopic (exact) mass is 291 g/mol. The average molecular weight is 291 g/mol. The summed E-state index contributed by atoms with van der Waals surface area (Å²) in [6.07, 6.45) is 3.83. The van der Waals surface area contributed by atoms with Gasteiger partial charge in [-0.15, -0.1) is 0 Å². The highest BCUT2D eigenvalue weighted by Crippen LogP contribution is 2.17. The van der Waals surface area contributed by atoms with Gasteiger partial charge in [-0.25, -0.2) is 9.78 Å². The first-order chi connectivity index (χ1) is 9.99. The Morgan fingerprint density at radius 3 is 2.43 bits per heavy atom. The fraction of sp³-hybridized carbons (Fsp3) is 0.533. The van der Waals surface area contributed by atoms with E-state index in [-0.39, 0.29) is 5.92 Å². The molecule has 1 saturated heterocycles. The number of pyridine rings is 1. The van der Waals surface area contributed by atoms with Crippen LogP contribution in [0.25, 0.3) is 0 Å². The zero-order valence-corrected chi connectivity index (χ0v) is 12.4. The third-order valence-electron chi connectivity index (χ3n) is 3.66. The van der Waals surface area contributed by atoms with Crippen molar-refractivity contribution >= 4 is 17.7 Å². The lowest BCUT2D eigenvalue weighted by molar-refractivity contribution is -0.140. The predicted octanol–water partition coefficient (Wildman–Crippen LogP) is 1.52. The Morgan fingerprint density at radius 1 is 1.29 bits per heavy atom. The molecule has 2 heterocycles. The van der Waals surface area contributed by atoms with E-state index in [1.807, 2.05) is 6.07 Å². The Bertz CT molecular complexity index is 507. The van der Waals surface area contributed by atoms with E-state index in [1.165, 1.54) is 19.0 Å². The van der Waals surface area contributed by atoms with Gasteiger partial charge in [-0.3, -0.25) is 4.79 Å². The molecule has 6 heteroatoms. The highest BCUT2D eigenvalue weighted by atomic mass is 16.4. The normalized spacial score (nSPS) is 16.0. The van der Waals surface area contributed by atoms with E-state index in [0.29, 0.717) is 5.56 Å². The lowest BCUT2D eigenvalue weighted by atomic mass is 10.0. The second-order valence-electron chi connectivity index (χ2n) is 5.63. The van der Waals surface area contributed by atoms with Crippen molar-refractivity contribution in [2.24, 2.45) is 5.92 Å². The van der Waals surface area contributed by atoms with Gasteiger partial charge in [0.2, 0.25) is 0 Å². The van der Waals surface area contributed by atoms with E-state index >= 15 is 0 Å². The van der Waals surface area contributed by atoms with E-state index < -0.39 is 17.9 Å². The number of nitrogens with zero attached hydrogens (tertiary/aromatic N) is 2. The summed E-state index contributed by atoms with van der Waals surface area (Å²) >= 11 is 0. The van der Waals surface area contributed by atoms with Crippen LogP contribution < -0.4 is 10.2 Å². The first-order valence-corrected chi connectivity index (χ1v) is 7.23. The van der Waals surface area contributed by atoms with Gasteiger partial charge in [-0.2, -0.15) is 0 Å². The molecule has 0 unspecified atom stereocenters. The van der Waals surface area contributed by atoms with E-state index in [4.69, 9.17) is 5.11 Å². The van der Waals surface area contributed by atoms with Gasteiger partial charge in [0.25, 0.3) is 5.91 Å². The van der Waals surface area contributed by atoms with Gasteiger partial charge in [-0.1, -0.05) is 13.8 Å². The smallest absolute Gasteiger partial charge is 0.326 e. The summed E-state index contributed by atoms with van der Waals surface area (Å²) in [7, 11) is 0. The number of carbonyl (C=O) groups is 2. The first-order valence-electron chi connectivity index (χ1n) is 7.23. The molecule has 1 atom stereocenters. The molecule has 0 bridgehead atoms. The van der Waals surface area contributed by atoms with Crippen LogP contribution in [0.15, 0.2) is 18.3 Å². The Balaban J connectivity index is 2.03. The lowest BCUT2D eigenvalue weighted by Gasteiger charge is -2.19. The molecule has 1 aromatic heterocycles. The summed E-state index contributed by atoms with van der Waals surface area (Å²) in [5.41, 5.74) is 0.379. The minimum Gasteiger partial charge on any atom is -0.480 e. The van der Waals surface area contributed by atoms with Crippen molar-refractivity contribution < 1.29 is 14.7 Å². The van der Waals surface area contributed by atoms with Crippen LogP contribution in [0.5, 0.6) is 0 Å². The fourth-order valence-electron chi connectivity index (χ4n) is 2.39. The maximum absolute atomic E-state index is 12.1. The Kier molecular flexibility index (Phi) is 4.77. The zero-order valence-electron chi connectivity index (χ0n) is 12.4. The number of nitrogens with one attached hydrogen (secondary N) is 1. The summed E-state index contributed by atoms with van der Waals surface area (Å²) in [6.45, 7) is 5.50. The maximum atomic E-state index is 12.1. The first kappa shape index (κ1) is 15.3. The number of aliphatic carboxylic acids is 1. The second-order valence-corrected chi connectivity index (χ2v) is 5.63. The van der Waals surface area contributed by atoms with E-state index in [2.05, 4.69) is 15.2 Å². The Labute approximate surface area is 124 Å². The topological polar surface area (TPSA) is 82.5 Å². The minimum atomic E-state index is -1.03. The standard InChI is InChI=1S/C15H21N3O3/c1-10(2)13(15(20)21)17-14(19)11-5-6-12(16-9-11)18-7-3-4-8-18/h5-6,9-10,13H,3-4,7-8H2,1-2H3,(H,17,19)(H,20,21)/t13-/m1/s1. The van der Waals surface area contributed by atoms with Crippen LogP contribution in [0.1, 0.15) is 37.0 Å². The van der Waals surface area contributed by atoms with Crippen molar-refractivity contribution in [1.29, 1.82) is 0 Å². The van der Waals surface area contributed by atoms with Gasteiger partial charge >= 0.3 is 5.97 Å². The maximum Gasteiger partial charge on any atom is 0.326 e. The van der Waals surface area contributed by atoms with Gasteiger partial charge in [-0.05, 0) is 30.9 Å². The molecule has 2 rings (SSSR count). The number of amides is 1. The number of carboxylic acids is 1. The number of carbonyl (C=O) groups excluding carboxylic acids is 1. The molecule has 0 aliphatic carbocycles.